The molecule has 0 unspecified atom stereocenters. The van der Waals surface area contributed by atoms with Crippen molar-refractivity contribution in [3.8, 4) is 12.3 Å². The molecule has 0 saturated heterocycles. The molecule has 0 aliphatic rings. The SMILES string of the molecule is C#CCNC(=O)CCNc1ccnc(C(C)(C)C)n1. The van der Waals surface area contributed by atoms with Gasteiger partial charge in [0.25, 0.3) is 0 Å². The summed E-state index contributed by atoms with van der Waals surface area (Å²) in [4.78, 5) is 20.0. The summed E-state index contributed by atoms with van der Waals surface area (Å²) in [7, 11) is 0. The molecule has 0 aromatic carbocycles. The van der Waals surface area contributed by atoms with Crippen molar-refractivity contribution in [2.24, 2.45) is 0 Å². The van der Waals surface area contributed by atoms with Crippen molar-refractivity contribution in [2.45, 2.75) is 32.6 Å². The summed E-state index contributed by atoms with van der Waals surface area (Å²) in [6, 6.07) is 1.79. The fourth-order valence-electron chi connectivity index (χ4n) is 1.36. The van der Waals surface area contributed by atoms with E-state index in [1.807, 2.05) is 0 Å². The molecule has 0 aliphatic carbocycles. The van der Waals surface area contributed by atoms with Crippen molar-refractivity contribution in [2.75, 3.05) is 18.4 Å². The van der Waals surface area contributed by atoms with Gasteiger partial charge in [-0.15, -0.1) is 6.42 Å². The number of aromatic nitrogens is 2. The largest absolute Gasteiger partial charge is 0.369 e. The van der Waals surface area contributed by atoms with Crippen LogP contribution in [0, 0.1) is 12.3 Å². The van der Waals surface area contributed by atoms with Crippen LogP contribution in [-0.2, 0) is 10.2 Å². The fraction of sp³-hybridized carbons (Fsp3) is 0.500. The van der Waals surface area contributed by atoms with Crippen LogP contribution < -0.4 is 10.6 Å². The predicted molar refractivity (Wildman–Crippen MR) is 75.7 cm³/mol. The lowest BCUT2D eigenvalue weighted by Gasteiger charge is -2.17. The van der Waals surface area contributed by atoms with Gasteiger partial charge in [0.2, 0.25) is 5.91 Å². The average Bonchev–Trinajstić information content (AvgIpc) is 2.36. The topological polar surface area (TPSA) is 66.9 Å². The summed E-state index contributed by atoms with van der Waals surface area (Å²) >= 11 is 0. The summed E-state index contributed by atoms with van der Waals surface area (Å²) in [5.41, 5.74) is -0.0954. The molecule has 1 aromatic rings. The Labute approximate surface area is 114 Å². The first-order valence-electron chi connectivity index (χ1n) is 6.21. The molecule has 0 atom stereocenters. The van der Waals surface area contributed by atoms with Crippen LogP contribution in [0.15, 0.2) is 12.3 Å². The molecular formula is C14H20N4O. The van der Waals surface area contributed by atoms with Crippen LogP contribution in [0.4, 0.5) is 5.82 Å². The van der Waals surface area contributed by atoms with Crippen LogP contribution >= 0.6 is 0 Å². The number of terminal acetylenes is 1. The van der Waals surface area contributed by atoms with Crippen molar-refractivity contribution in [3.05, 3.63) is 18.1 Å². The first kappa shape index (κ1) is 15.0. The normalized spacial score (nSPS) is 10.6. The molecule has 1 amide bonds. The fourth-order valence-corrected chi connectivity index (χ4v) is 1.36. The van der Waals surface area contributed by atoms with E-state index in [1.165, 1.54) is 0 Å². The third-order valence-corrected chi connectivity index (χ3v) is 2.37. The number of carbonyl (C=O) groups is 1. The van der Waals surface area contributed by atoms with E-state index in [9.17, 15) is 4.79 Å². The van der Waals surface area contributed by atoms with Crippen LogP contribution in [-0.4, -0.2) is 29.0 Å². The lowest BCUT2D eigenvalue weighted by molar-refractivity contribution is -0.120. The highest BCUT2D eigenvalue weighted by atomic mass is 16.1. The Bertz CT molecular complexity index is 471. The Morgan fingerprint density at radius 2 is 2.21 bits per heavy atom. The van der Waals surface area contributed by atoms with Gasteiger partial charge < -0.3 is 10.6 Å². The summed E-state index contributed by atoms with van der Waals surface area (Å²) in [6.07, 6.45) is 7.13. The Balaban J connectivity index is 2.46. The molecule has 0 bridgehead atoms. The van der Waals surface area contributed by atoms with Gasteiger partial charge in [0, 0.05) is 24.6 Å². The third-order valence-electron chi connectivity index (χ3n) is 2.37. The first-order valence-corrected chi connectivity index (χ1v) is 6.21. The van der Waals surface area contributed by atoms with Crippen molar-refractivity contribution in [1.29, 1.82) is 0 Å². The lowest BCUT2D eigenvalue weighted by Crippen LogP contribution is -2.25. The van der Waals surface area contributed by atoms with E-state index in [-0.39, 0.29) is 17.9 Å². The van der Waals surface area contributed by atoms with E-state index in [4.69, 9.17) is 6.42 Å². The maximum absolute atomic E-state index is 11.3. The lowest BCUT2D eigenvalue weighted by atomic mass is 9.96. The molecule has 0 aliphatic heterocycles. The number of hydrogen-bond donors (Lipinski definition) is 2. The number of amides is 1. The Hall–Kier alpha value is -2.09. The van der Waals surface area contributed by atoms with E-state index in [0.717, 1.165) is 11.6 Å². The van der Waals surface area contributed by atoms with Crippen LogP contribution in [0.3, 0.4) is 0 Å². The standard InChI is InChI=1S/C14H20N4O/c1-5-8-16-12(19)7-10-15-11-6-9-17-13(18-11)14(2,3)4/h1,6,9H,7-8,10H2,2-4H3,(H,16,19)(H,15,17,18). The van der Waals surface area contributed by atoms with E-state index in [1.54, 1.807) is 12.3 Å². The number of carbonyl (C=O) groups excluding carboxylic acids is 1. The highest BCUT2D eigenvalue weighted by Crippen LogP contribution is 2.18. The Kier molecular flexibility index (Phi) is 5.31. The quantitative estimate of drug-likeness (QED) is 0.784. The molecule has 0 fully saturated rings. The summed E-state index contributed by atoms with van der Waals surface area (Å²) < 4.78 is 0. The summed E-state index contributed by atoms with van der Waals surface area (Å²) in [5, 5.41) is 5.71. The minimum absolute atomic E-state index is 0.0736. The molecule has 5 heteroatoms. The van der Waals surface area contributed by atoms with Gasteiger partial charge >= 0.3 is 0 Å². The van der Waals surface area contributed by atoms with Gasteiger partial charge in [-0.1, -0.05) is 26.7 Å². The second-order valence-corrected chi connectivity index (χ2v) is 5.17. The molecule has 19 heavy (non-hydrogen) atoms. The molecule has 5 nitrogen and oxygen atoms in total. The van der Waals surface area contributed by atoms with E-state index < -0.39 is 0 Å². The second kappa shape index (κ2) is 6.74. The van der Waals surface area contributed by atoms with Crippen molar-refractivity contribution >= 4 is 11.7 Å². The molecule has 2 N–H and O–H groups in total. The molecule has 0 radical (unpaired) electrons. The van der Waals surface area contributed by atoms with E-state index in [2.05, 4.69) is 47.3 Å². The van der Waals surface area contributed by atoms with Gasteiger partial charge in [-0.25, -0.2) is 9.97 Å². The number of rotatable bonds is 5. The average molecular weight is 260 g/mol. The Morgan fingerprint density at radius 3 is 2.84 bits per heavy atom. The summed E-state index contributed by atoms with van der Waals surface area (Å²) in [5.74, 6) is 3.78. The number of hydrogen-bond acceptors (Lipinski definition) is 4. The Morgan fingerprint density at radius 1 is 1.47 bits per heavy atom. The highest BCUT2D eigenvalue weighted by molar-refractivity contribution is 5.76. The predicted octanol–water partition coefficient (Wildman–Crippen LogP) is 1.33. The third kappa shape index (κ3) is 5.38. The first-order chi connectivity index (χ1) is 8.93. The van der Waals surface area contributed by atoms with Gasteiger partial charge in [-0.2, -0.15) is 0 Å². The van der Waals surface area contributed by atoms with Crippen molar-refractivity contribution in [3.63, 3.8) is 0 Å². The van der Waals surface area contributed by atoms with E-state index in [0.29, 0.717) is 13.0 Å². The van der Waals surface area contributed by atoms with Crippen LogP contribution in [0.5, 0.6) is 0 Å². The molecule has 1 rings (SSSR count). The van der Waals surface area contributed by atoms with Gasteiger partial charge in [-0.3, -0.25) is 4.79 Å². The maximum atomic E-state index is 11.3. The van der Waals surface area contributed by atoms with Crippen molar-refractivity contribution < 1.29 is 4.79 Å². The highest BCUT2D eigenvalue weighted by Gasteiger charge is 2.17. The molecular weight excluding hydrogens is 240 g/mol. The zero-order valence-corrected chi connectivity index (χ0v) is 11.7. The zero-order valence-electron chi connectivity index (χ0n) is 11.7. The molecule has 0 saturated carbocycles. The second-order valence-electron chi connectivity index (χ2n) is 5.17. The smallest absolute Gasteiger partial charge is 0.222 e. The minimum atomic E-state index is -0.0954. The number of anilines is 1. The van der Waals surface area contributed by atoms with Gasteiger partial charge in [0.15, 0.2) is 0 Å². The summed E-state index contributed by atoms with van der Waals surface area (Å²) in [6.45, 7) is 6.94. The van der Waals surface area contributed by atoms with Gasteiger partial charge in [0.1, 0.15) is 11.6 Å². The monoisotopic (exact) mass is 260 g/mol. The van der Waals surface area contributed by atoms with E-state index >= 15 is 0 Å². The number of nitrogens with zero attached hydrogens (tertiary/aromatic N) is 2. The molecule has 1 aromatic heterocycles. The molecule has 102 valence electrons. The van der Waals surface area contributed by atoms with Gasteiger partial charge in [0.05, 0.1) is 6.54 Å². The van der Waals surface area contributed by atoms with Crippen LogP contribution in [0.1, 0.15) is 33.0 Å². The molecule has 0 spiro atoms. The van der Waals surface area contributed by atoms with Gasteiger partial charge in [-0.05, 0) is 6.07 Å². The zero-order chi connectivity index (χ0) is 14.3. The number of nitrogens with one attached hydrogen (secondary N) is 2. The van der Waals surface area contributed by atoms with Crippen LogP contribution in [0.2, 0.25) is 0 Å². The minimum Gasteiger partial charge on any atom is -0.369 e. The maximum Gasteiger partial charge on any atom is 0.222 e. The van der Waals surface area contributed by atoms with Crippen LogP contribution in [0.25, 0.3) is 0 Å². The molecule has 1 heterocycles. The van der Waals surface area contributed by atoms with Crippen molar-refractivity contribution in [1.82, 2.24) is 15.3 Å².